The number of aromatic amines is 1. The maximum atomic E-state index is 12.8. The molecule has 0 saturated carbocycles. The topological polar surface area (TPSA) is 114 Å². The van der Waals surface area contributed by atoms with Crippen LogP contribution in [0.3, 0.4) is 0 Å². The number of para-hydroxylation sites is 1. The van der Waals surface area contributed by atoms with Gasteiger partial charge < -0.3 is 5.11 Å². The molecule has 124 valence electrons. The van der Waals surface area contributed by atoms with Gasteiger partial charge in [-0.2, -0.15) is 5.10 Å². The summed E-state index contributed by atoms with van der Waals surface area (Å²) in [5.74, 6) is 0.737. The zero-order valence-corrected chi connectivity index (χ0v) is 13.7. The smallest absolute Gasteiger partial charge is 0.416 e. The standard InChI is InChI=1S/C16H11N5O3S/c1-8-17-14(20-19-8)11-7-25-15(18-11)13(22)10-6-21(16(23)24)12-5-3-2-4-9(10)12/h2-7H,1H3,(H,23,24)(H,17,19,20). The summed E-state index contributed by atoms with van der Waals surface area (Å²) in [4.78, 5) is 32.7. The lowest BCUT2D eigenvalue weighted by molar-refractivity contribution is 0.104. The maximum absolute atomic E-state index is 12.8. The van der Waals surface area contributed by atoms with Crippen LogP contribution in [0.25, 0.3) is 22.4 Å². The number of carbonyl (C=O) groups is 2. The predicted molar refractivity (Wildman–Crippen MR) is 91.0 cm³/mol. The highest BCUT2D eigenvalue weighted by atomic mass is 32.1. The van der Waals surface area contributed by atoms with E-state index in [1.807, 2.05) is 0 Å². The van der Waals surface area contributed by atoms with Crippen LogP contribution in [0, 0.1) is 6.92 Å². The molecule has 0 saturated heterocycles. The average molecular weight is 353 g/mol. The summed E-state index contributed by atoms with van der Waals surface area (Å²) in [6.45, 7) is 1.77. The molecule has 8 nitrogen and oxygen atoms in total. The molecule has 25 heavy (non-hydrogen) atoms. The minimum atomic E-state index is -1.15. The molecule has 0 unspecified atom stereocenters. The van der Waals surface area contributed by atoms with E-state index >= 15 is 0 Å². The van der Waals surface area contributed by atoms with Crippen molar-refractivity contribution >= 4 is 34.1 Å². The van der Waals surface area contributed by atoms with Gasteiger partial charge in [-0.05, 0) is 13.0 Å². The van der Waals surface area contributed by atoms with Crippen LogP contribution >= 0.6 is 11.3 Å². The lowest BCUT2D eigenvalue weighted by atomic mass is 10.1. The summed E-state index contributed by atoms with van der Waals surface area (Å²) in [5, 5.41) is 18.6. The molecular weight excluding hydrogens is 342 g/mol. The average Bonchev–Trinajstić information content (AvgIpc) is 3.31. The van der Waals surface area contributed by atoms with Crippen molar-refractivity contribution in [2.75, 3.05) is 0 Å². The second-order valence-corrected chi connectivity index (χ2v) is 6.18. The molecule has 0 atom stereocenters. The summed E-state index contributed by atoms with van der Waals surface area (Å²) >= 11 is 1.17. The first-order valence-electron chi connectivity index (χ1n) is 7.27. The molecule has 1 aromatic carbocycles. The van der Waals surface area contributed by atoms with Gasteiger partial charge in [0.05, 0.1) is 11.1 Å². The van der Waals surface area contributed by atoms with Crippen molar-refractivity contribution in [1.29, 1.82) is 0 Å². The van der Waals surface area contributed by atoms with Crippen molar-refractivity contribution in [2.24, 2.45) is 0 Å². The van der Waals surface area contributed by atoms with Gasteiger partial charge in [-0.1, -0.05) is 18.2 Å². The van der Waals surface area contributed by atoms with E-state index in [-0.39, 0.29) is 10.8 Å². The normalized spacial score (nSPS) is 11.1. The molecule has 0 fully saturated rings. The lowest BCUT2D eigenvalue weighted by Gasteiger charge is -1.95. The molecule has 0 aliphatic carbocycles. The highest BCUT2D eigenvalue weighted by molar-refractivity contribution is 7.12. The van der Waals surface area contributed by atoms with Crippen LogP contribution in [0.5, 0.6) is 0 Å². The van der Waals surface area contributed by atoms with Crippen LogP contribution in [0.2, 0.25) is 0 Å². The number of nitrogens with one attached hydrogen (secondary N) is 1. The molecule has 3 heterocycles. The van der Waals surface area contributed by atoms with Crippen LogP contribution < -0.4 is 0 Å². The summed E-state index contributed by atoms with van der Waals surface area (Å²) in [5.41, 5.74) is 1.25. The van der Waals surface area contributed by atoms with Gasteiger partial charge in [0.2, 0.25) is 11.6 Å². The van der Waals surface area contributed by atoms with E-state index in [1.54, 1.807) is 36.6 Å². The van der Waals surface area contributed by atoms with E-state index in [9.17, 15) is 14.7 Å². The Kier molecular flexibility index (Phi) is 3.43. The first kappa shape index (κ1) is 15.2. The number of rotatable bonds is 3. The van der Waals surface area contributed by atoms with E-state index in [4.69, 9.17) is 0 Å². The maximum Gasteiger partial charge on any atom is 0.416 e. The van der Waals surface area contributed by atoms with E-state index in [0.717, 1.165) is 4.57 Å². The Balaban J connectivity index is 1.78. The molecule has 4 rings (SSSR count). The Labute approximate surface area is 144 Å². The fourth-order valence-corrected chi connectivity index (χ4v) is 3.32. The molecule has 0 spiro atoms. The minimum absolute atomic E-state index is 0.255. The second kappa shape index (κ2) is 5.64. The fraction of sp³-hybridized carbons (Fsp3) is 0.0625. The number of carbonyl (C=O) groups excluding carboxylic acids is 1. The highest BCUT2D eigenvalue weighted by Crippen LogP contribution is 2.26. The number of nitrogens with zero attached hydrogens (tertiary/aromatic N) is 4. The van der Waals surface area contributed by atoms with E-state index in [2.05, 4.69) is 20.2 Å². The molecule has 3 aromatic heterocycles. The largest absolute Gasteiger partial charge is 0.464 e. The van der Waals surface area contributed by atoms with Crippen molar-refractivity contribution in [1.82, 2.24) is 24.7 Å². The van der Waals surface area contributed by atoms with E-state index < -0.39 is 6.09 Å². The Hall–Kier alpha value is -3.33. The molecule has 0 aliphatic rings. The van der Waals surface area contributed by atoms with Gasteiger partial charge in [0.25, 0.3) is 0 Å². The molecular formula is C16H11N5O3S. The van der Waals surface area contributed by atoms with E-state index in [0.29, 0.717) is 33.8 Å². The van der Waals surface area contributed by atoms with Crippen molar-refractivity contribution in [2.45, 2.75) is 6.92 Å². The van der Waals surface area contributed by atoms with Gasteiger partial charge in [-0.25, -0.2) is 14.8 Å². The number of aromatic nitrogens is 5. The monoisotopic (exact) mass is 353 g/mol. The molecule has 0 bridgehead atoms. The van der Waals surface area contributed by atoms with Crippen molar-refractivity contribution < 1.29 is 14.7 Å². The Bertz CT molecular complexity index is 1120. The Morgan fingerprint density at radius 3 is 2.76 bits per heavy atom. The number of H-pyrrole nitrogens is 1. The number of carboxylic acid groups (broad SMARTS) is 1. The van der Waals surface area contributed by atoms with Crippen LogP contribution in [-0.2, 0) is 0 Å². The molecule has 0 aliphatic heterocycles. The number of benzene rings is 1. The van der Waals surface area contributed by atoms with Crippen LogP contribution in [0.1, 0.15) is 21.2 Å². The molecule has 4 aromatic rings. The summed E-state index contributed by atoms with van der Waals surface area (Å²) in [7, 11) is 0. The lowest BCUT2D eigenvalue weighted by Crippen LogP contribution is -2.06. The summed E-state index contributed by atoms with van der Waals surface area (Å²) in [6, 6.07) is 6.86. The molecule has 9 heteroatoms. The first-order valence-corrected chi connectivity index (χ1v) is 8.15. The summed E-state index contributed by atoms with van der Waals surface area (Å²) in [6.07, 6.45) is 0.180. The minimum Gasteiger partial charge on any atom is -0.464 e. The molecule has 0 amide bonds. The third-order valence-electron chi connectivity index (χ3n) is 3.69. The Morgan fingerprint density at radius 2 is 2.04 bits per heavy atom. The number of hydrogen-bond donors (Lipinski definition) is 2. The number of ketones is 1. The van der Waals surface area contributed by atoms with Crippen LogP contribution in [0.4, 0.5) is 4.79 Å². The van der Waals surface area contributed by atoms with Gasteiger partial charge in [-0.15, -0.1) is 11.3 Å². The zero-order chi connectivity index (χ0) is 17.6. The first-order chi connectivity index (χ1) is 12.0. The van der Waals surface area contributed by atoms with Crippen molar-refractivity contribution in [3.05, 3.63) is 52.2 Å². The van der Waals surface area contributed by atoms with Crippen LogP contribution in [-0.4, -0.2) is 41.7 Å². The second-order valence-electron chi connectivity index (χ2n) is 5.32. The fourth-order valence-electron chi connectivity index (χ4n) is 2.57. The van der Waals surface area contributed by atoms with Gasteiger partial charge in [0, 0.05) is 17.0 Å². The zero-order valence-electron chi connectivity index (χ0n) is 12.9. The molecule has 2 N–H and O–H groups in total. The van der Waals surface area contributed by atoms with Gasteiger partial charge in [-0.3, -0.25) is 14.5 Å². The van der Waals surface area contributed by atoms with Crippen molar-refractivity contribution in [3.63, 3.8) is 0 Å². The predicted octanol–water partition coefficient (Wildman–Crippen LogP) is 2.95. The number of hydrogen-bond acceptors (Lipinski definition) is 6. The number of fused-ring (bicyclic) bond motifs is 1. The Morgan fingerprint density at radius 1 is 1.24 bits per heavy atom. The highest BCUT2D eigenvalue weighted by Gasteiger charge is 2.22. The number of thiazole rings is 1. The third kappa shape index (κ3) is 2.50. The quantitative estimate of drug-likeness (QED) is 0.547. The van der Waals surface area contributed by atoms with Gasteiger partial charge >= 0.3 is 6.09 Å². The molecule has 0 radical (unpaired) electrons. The number of aryl methyl sites for hydroxylation is 1. The van der Waals surface area contributed by atoms with Crippen molar-refractivity contribution in [3.8, 4) is 11.5 Å². The van der Waals surface area contributed by atoms with Gasteiger partial charge in [0.1, 0.15) is 11.5 Å². The van der Waals surface area contributed by atoms with Crippen LogP contribution in [0.15, 0.2) is 35.8 Å². The third-order valence-corrected chi connectivity index (χ3v) is 4.53. The SMILES string of the molecule is Cc1nc(-c2csc(C(=O)c3cn(C(=O)O)c4ccccc34)n2)n[nH]1. The van der Waals surface area contributed by atoms with E-state index in [1.165, 1.54) is 17.5 Å². The summed E-state index contributed by atoms with van der Waals surface area (Å²) < 4.78 is 1.04. The van der Waals surface area contributed by atoms with Gasteiger partial charge in [0.15, 0.2) is 5.01 Å².